The van der Waals surface area contributed by atoms with Crippen LogP contribution in [0.1, 0.15) is 49.3 Å². The summed E-state index contributed by atoms with van der Waals surface area (Å²) in [7, 11) is 1.55. The van der Waals surface area contributed by atoms with Gasteiger partial charge in [0.1, 0.15) is 11.9 Å². The molecule has 180 valence electrons. The van der Waals surface area contributed by atoms with E-state index in [1.165, 1.54) is 6.42 Å². The molecule has 2 aromatic carbocycles. The topological polar surface area (TPSA) is 68.3 Å². The third kappa shape index (κ3) is 5.19. The van der Waals surface area contributed by atoms with E-state index in [0.29, 0.717) is 18.1 Å². The highest BCUT2D eigenvalue weighted by Gasteiger charge is 2.46. The Bertz CT molecular complexity index is 1020. The van der Waals surface area contributed by atoms with Crippen molar-refractivity contribution in [2.75, 3.05) is 27.8 Å². The van der Waals surface area contributed by atoms with Gasteiger partial charge in [0.2, 0.25) is 10.0 Å². The summed E-state index contributed by atoms with van der Waals surface area (Å²) in [5.74, 6) is 1.19. The van der Waals surface area contributed by atoms with Crippen LogP contribution in [0.2, 0.25) is 0 Å². The smallest absolute Gasteiger partial charge is 0.221 e. The Morgan fingerprint density at radius 3 is 2.48 bits per heavy atom. The maximum Gasteiger partial charge on any atom is 0.221 e. The lowest BCUT2D eigenvalue weighted by atomic mass is 9.96. The first-order chi connectivity index (χ1) is 15.9. The van der Waals surface area contributed by atoms with Crippen LogP contribution in [0.4, 0.5) is 0 Å². The number of hydrogen-bond donors (Lipinski definition) is 0. The fourth-order valence-corrected chi connectivity index (χ4v) is 6.80. The molecule has 1 aliphatic heterocycles. The predicted octanol–water partition coefficient (Wildman–Crippen LogP) is 4.16. The van der Waals surface area contributed by atoms with E-state index >= 15 is 0 Å². The van der Waals surface area contributed by atoms with Crippen LogP contribution in [0, 0.1) is 0 Å². The fraction of sp³-hybridized carbons (Fsp3) is 0.520. The predicted molar refractivity (Wildman–Crippen MR) is 128 cm³/mol. The van der Waals surface area contributed by atoms with E-state index in [1.54, 1.807) is 30.6 Å². The Labute approximate surface area is 197 Å². The number of benzene rings is 2. The molecular formula is C25H34N2O5S. The SMILES string of the molecule is COc1cc(C2C(S(=O)(=O)N(C)C3CCCCC3)CON2C)ccc1OCc1ccccc1. The zero-order valence-electron chi connectivity index (χ0n) is 19.6. The van der Waals surface area contributed by atoms with Crippen LogP contribution < -0.4 is 9.47 Å². The van der Waals surface area contributed by atoms with Gasteiger partial charge in [-0.25, -0.2) is 12.7 Å². The second kappa shape index (κ2) is 10.4. The zero-order valence-corrected chi connectivity index (χ0v) is 20.5. The number of methoxy groups -OCH3 is 1. The van der Waals surface area contributed by atoms with Crippen molar-refractivity contribution in [1.82, 2.24) is 9.37 Å². The molecule has 2 aromatic rings. The van der Waals surface area contributed by atoms with Crippen molar-refractivity contribution in [1.29, 1.82) is 0 Å². The minimum Gasteiger partial charge on any atom is -0.493 e. The molecule has 2 atom stereocenters. The lowest BCUT2D eigenvalue weighted by Crippen LogP contribution is -2.45. The van der Waals surface area contributed by atoms with E-state index in [-0.39, 0.29) is 12.6 Å². The van der Waals surface area contributed by atoms with E-state index in [1.807, 2.05) is 48.5 Å². The third-order valence-electron chi connectivity index (χ3n) is 6.83. The molecule has 2 unspecified atom stereocenters. The fourth-order valence-electron chi connectivity index (χ4n) is 4.86. The van der Waals surface area contributed by atoms with Gasteiger partial charge in [-0.3, -0.25) is 4.84 Å². The summed E-state index contributed by atoms with van der Waals surface area (Å²) in [5.41, 5.74) is 1.88. The average molecular weight is 475 g/mol. The monoisotopic (exact) mass is 474 g/mol. The van der Waals surface area contributed by atoms with E-state index in [2.05, 4.69) is 0 Å². The molecule has 1 aliphatic carbocycles. The van der Waals surface area contributed by atoms with Crippen LogP contribution in [0.15, 0.2) is 48.5 Å². The zero-order chi connectivity index (χ0) is 23.4. The highest BCUT2D eigenvalue weighted by Crippen LogP contribution is 2.39. The maximum atomic E-state index is 13.6. The van der Waals surface area contributed by atoms with E-state index in [9.17, 15) is 8.42 Å². The third-order valence-corrected chi connectivity index (χ3v) is 9.09. The molecule has 7 nitrogen and oxygen atoms in total. The summed E-state index contributed by atoms with van der Waals surface area (Å²) < 4.78 is 40.4. The molecule has 1 heterocycles. The molecule has 0 bridgehead atoms. The van der Waals surface area contributed by atoms with Crippen LogP contribution in [0.3, 0.4) is 0 Å². The number of nitrogens with zero attached hydrogens (tertiary/aromatic N) is 2. The van der Waals surface area contributed by atoms with Crippen LogP contribution in [0.5, 0.6) is 11.5 Å². The number of ether oxygens (including phenoxy) is 2. The lowest BCUT2D eigenvalue weighted by molar-refractivity contribution is -0.110. The molecular weight excluding hydrogens is 440 g/mol. The Hall–Kier alpha value is -2.13. The van der Waals surface area contributed by atoms with Crippen LogP contribution in [0.25, 0.3) is 0 Å². The molecule has 2 aliphatic rings. The average Bonchev–Trinajstić information content (AvgIpc) is 3.25. The molecule has 2 fully saturated rings. The maximum absolute atomic E-state index is 13.6. The highest BCUT2D eigenvalue weighted by molar-refractivity contribution is 7.89. The van der Waals surface area contributed by atoms with Gasteiger partial charge in [0.05, 0.1) is 19.8 Å². The summed E-state index contributed by atoms with van der Waals surface area (Å²) in [5, 5.41) is 0.964. The molecule has 1 saturated carbocycles. The van der Waals surface area contributed by atoms with Crippen molar-refractivity contribution in [2.45, 2.75) is 56.0 Å². The van der Waals surface area contributed by atoms with Crippen molar-refractivity contribution in [3.8, 4) is 11.5 Å². The summed E-state index contributed by atoms with van der Waals surface area (Å²) in [6, 6.07) is 15.2. The molecule has 0 aromatic heterocycles. The van der Waals surface area contributed by atoms with Gasteiger partial charge in [0, 0.05) is 20.1 Å². The first-order valence-corrected chi connectivity index (χ1v) is 13.1. The van der Waals surface area contributed by atoms with Gasteiger partial charge >= 0.3 is 0 Å². The molecule has 0 amide bonds. The molecule has 0 spiro atoms. The van der Waals surface area contributed by atoms with Gasteiger partial charge in [0.15, 0.2) is 11.5 Å². The molecule has 33 heavy (non-hydrogen) atoms. The summed E-state index contributed by atoms with van der Waals surface area (Å²) in [6.45, 7) is 0.557. The van der Waals surface area contributed by atoms with Gasteiger partial charge in [-0.1, -0.05) is 55.7 Å². The Morgan fingerprint density at radius 1 is 1.06 bits per heavy atom. The first-order valence-electron chi connectivity index (χ1n) is 11.6. The van der Waals surface area contributed by atoms with Crippen molar-refractivity contribution in [2.24, 2.45) is 0 Å². The summed E-state index contributed by atoms with van der Waals surface area (Å²) >= 11 is 0. The number of hydroxylamine groups is 2. The van der Waals surface area contributed by atoms with Gasteiger partial charge in [0.25, 0.3) is 0 Å². The Kier molecular flexibility index (Phi) is 7.58. The number of rotatable bonds is 8. The second-order valence-corrected chi connectivity index (χ2v) is 11.1. The van der Waals surface area contributed by atoms with Crippen molar-refractivity contribution in [3.63, 3.8) is 0 Å². The normalized spacial score (nSPS) is 22.5. The first kappa shape index (κ1) is 24.0. The Balaban J connectivity index is 1.55. The number of sulfonamides is 1. The van der Waals surface area contributed by atoms with E-state index in [4.69, 9.17) is 14.3 Å². The summed E-state index contributed by atoms with van der Waals surface area (Å²) in [4.78, 5) is 5.72. The summed E-state index contributed by atoms with van der Waals surface area (Å²) in [6.07, 6.45) is 5.18. The highest BCUT2D eigenvalue weighted by atomic mass is 32.2. The number of hydrogen-bond acceptors (Lipinski definition) is 6. The van der Waals surface area contributed by atoms with E-state index in [0.717, 1.165) is 36.8 Å². The van der Waals surface area contributed by atoms with Gasteiger partial charge in [-0.05, 0) is 36.1 Å². The van der Waals surface area contributed by atoms with Crippen molar-refractivity contribution in [3.05, 3.63) is 59.7 Å². The van der Waals surface area contributed by atoms with Crippen molar-refractivity contribution < 1.29 is 22.7 Å². The van der Waals surface area contributed by atoms with Gasteiger partial charge in [-0.2, -0.15) is 5.06 Å². The van der Waals surface area contributed by atoms with Crippen LogP contribution in [-0.2, 0) is 21.5 Å². The standard InChI is InChI=1S/C25H34N2O5S/c1-26-25(24(18-32-26)33(28,29)27(2)21-12-8-5-9-13-21)20-14-15-22(23(16-20)30-3)31-17-19-10-6-4-7-11-19/h4,6-7,10-11,14-16,21,24-25H,5,8-9,12-13,17-18H2,1-3H3. The largest absolute Gasteiger partial charge is 0.493 e. The minimum atomic E-state index is -3.55. The van der Waals surface area contributed by atoms with Crippen LogP contribution in [-0.4, -0.2) is 56.9 Å². The molecule has 0 radical (unpaired) electrons. The van der Waals surface area contributed by atoms with Gasteiger partial charge < -0.3 is 9.47 Å². The van der Waals surface area contributed by atoms with Crippen molar-refractivity contribution >= 4 is 10.0 Å². The van der Waals surface area contributed by atoms with E-state index < -0.39 is 21.3 Å². The van der Waals surface area contributed by atoms with Crippen LogP contribution >= 0.6 is 0 Å². The molecule has 1 saturated heterocycles. The molecule has 0 N–H and O–H groups in total. The van der Waals surface area contributed by atoms with Gasteiger partial charge in [-0.15, -0.1) is 0 Å². The lowest BCUT2D eigenvalue weighted by Gasteiger charge is -2.33. The minimum absolute atomic E-state index is 0.0682. The Morgan fingerprint density at radius 2 is 1.79 bits per heavy atom. The second-order valence-electron chi connectivity index (χ2n) is 8.86. The quantitative estimate of drug-likeness (QED) is 0.572. The molecule has 8 heteroatoms. The molecule has 4 rings (SSSR count).